The van der Waals surface area contributed by atoms with Gasteiger partial charge >= 0.3 is 5.97 Å². The van der Waals surface area contributed by atoms with Crippen LogP contribution < -0.4 is 11.1 Å². The summed E-state index contributed by atoms with van der Waals surface area (Å²) < 4.78 is 4.65. The van der Waals surface area contributed by atoms with Gasteiger partial charge in [0.05, 0.1) is 12.6 Å². The first kappa shape index (κ1) is 13.9. The third kappa shape index (κ3) is 5.34. The molecule has 88 valence electrons. The van der Waals surface area contributed by atoms with Crippen molar-refractivity contribution in [3.63, 3.8) is 0 Å². The number of hydrogen-bond acceptors (Lipinski definition) is 4. The molecule has 0 saturated carbocycles. The van der Waals surface area contributed by atoms with E-state index in [1.165, 1.54) is 7.11 Å². The quantitative estimate of drug-likeness (QED) is 0.526. The fourth-order valence-electron chi connectivity index (χ4n) is 1.04. The minimum Gasteiger partial charge on any atom is -0.479 e. The summed E-state index contributed by atoms with van der Waals surface area (Å²) in [6.45, 7) is 1.85. The van der Waals surface area contributed by atoms with E-state index in [4.69, 9.17) is 10.8 Å². The molecule has 0 spiro atoms. The molecule has 1 unspecified atom stereocenters. The molecule has 0 aromatic carbocycles. The van der Waals surface area contributed by atoms with Gasteiger partial charge in [0.25, 0.3) is 0 Å². The Labute approximate surface area is 88.8 Å². The molecule has 0 aliphatic carbocycles. The van der Waals surface area contributed by atoms with E-state index in [0.29, 0.717) is 6.42 Å². The number of rotatable bonds is 7. The predicted molar refractivity (Wildman–Crippen MR) is 54.3 cm³/mol. The molecule has 0 aliphatic rings. The van der Waals surface area contributed by atoms with Crippen LogP contribution in [-0.2, 0) is 14.3 Å². The summed E-state index contributed by atoms with van der Waals surface area (Å²) in [4.78, 5) is 21.8. The Kier molecular flexibility index (Phi) is 6.64. The molecule has 15 heavy (non-hydrogen) atoms. The Morgan fingerprint density at radius 1 is 1.53 bits per heavy atom. The first-order valence-electron chi connectivity index (χ1n) is 4.81. The van der Waals surface area contributed by atoms with Crippen molar-refractivity contribution >= 4 is 11.9 Å². The Morgan fingerprint density at radius 2 is 2.13 bits per heavy atom. The minimum absolute atomic E-state index is 0.0674. The lowest BCUT2D eigenvalue weighted by molar-refractivity contribution is -0.148. The highest BCUT2D eigenvalue weighted by molar-refractivity contribution is 5.82. The highest BCUT2D eigenvalue weighted by Crippen LogP contribution is 1.94. The number of amides is 1. The van der Waals surface area contributed by atoms with E-state index in [0.717, 1.165) is 6.42 Å². The van der Waals surface area contributed by atoms with Crippen LogP contribution in [0.1, 0.15) is 19.8 Å². The lowest BCUT2D eigenvalue weighted by atomic mass is 10.1. The van der Waals surface area contributed by atoms with E-state index >= 15 is 0 Å². The monoisotopic (exact) mass is 218 g/mol. The van der Waals surface area contributed by atoms with Crippen molar-refractivity contribution in [2.24, 2.45) is 5.73 Å². The smallest absolute Gasteiger partial charge is 0.334 e. The van der Waals surface area contributed by atoms with Gasteiger partial charge in [0, 0.05) is 7.11 Å². The first-order valence-corrected chi connectivity index (χ1v) is 4.81. The van der Waals surface area contributed by atoms with Crippen LogP contribution in [0.25, 0.3) is 0 Å². The normalized spacial score (nSPS) is 14.3. The third-order valence-electron chi connectivity index (χ3n) is 1.96. The third-order valence-corrected chi connectivity index (χ3v) is 1.96. The van der Waals surface area contributed by atoms with E-state index in [-0.39, 0.29) is 12.5 Å². The average molecular weight is 218 g/mol. The summed E-state index contributed by atoms with van der Waals surface area (Å²) in [5.41, 5.74) is 5.53. The number of nitrogens with one attached hydrogen (secondary N) is 1. The van der Waals surface area contributed by atoms with Crippen LogP contribution in [0.3, 0.4) is 0 Å². The second kappa shape index (κ2) is 7.19. The topological polar surface area (TPSA) is 102 Å². The molecule has 0 radical (unpaired) electrons. The Bertz CT molecular complexity index is 220. The van der Waals surface area contributed by atoms with Gasteiger partial charge in [-0.1, -0.05) is 13.3 Å². The number of ether oxygens (including phenoxy) is 1. The van der Waals surface area contributed by atoms with Crippen LogP contribution >= 0.6 is 0 Å². The zero-order chi connectivity index (χ0) is 11.8. The number of carbonyl (C=O) groups excluding carboxylic acids is 1. The molecule has 0 heterocycles. The molecular formula is C9H18N2O4. The molecule has 6 nitrogen and oxygen atoms in total. The fraction of sp³-hybridized carbons (Fsp3) is 0.778. The summed E-state index contributed by atoms with van der Waals surface area (Å²) in [5, 5.41) is 11.1. The van der Waals surface area contributed by atoms with Crippen LogP contribution in [0.2, 0.25) is 0 Å². The fourth-order valence-corrected chi connectivity index (χ4v) is 1.04. The van der Waals surface area contributed by atoms with Crippen molar-refractivity contribution in [1.82, 2.24) is 5.32 Å². The van der Waals surface area contributed by atoms with Gasteiger partial charge in [-0.2, -0.15) is 0 Å². The van der Waals surface area contributed by atoms with Crippen LogP contribution in [-0.4, -0.2) is 42.8 Å². The van der Waals surface area contributed by atoms with E-state index in [2.05, 4.69) is 10.1 Å². The van der Waals surface area contributed by atoms with Crippen molar-refractivity contribution in [3.05, 3.63) is 0 Å². The molecule has 6 heteroatoms. The molecule has 0 aliphatic heterocycles. The van der Waals surface area contributed by atoms with Gasteiger partial charge in [0.2, 0.25) is 5.91 Å². The molecule has 0 bridgehead atoms. The zero-order valence-electron chi connectivity index (χ0n) is 9.03. The maximum atomic E-state index is 11.3. The zero-order valence-corrected chi connectivity index (χ0v) is 9.03. The highest BCUT2D eigenvalue weighted by atomic mass is 16.5. The summed E-state index contributed by atoms with van der Waals surface area (Å²) in [6, 6.07) is -0.582. The number of methoxy groups -OCH3 is 1. The van der Waals surface area contributed by atoms with E-state index in [1.54, 1.807) is 0 Å². The number of aliphatic carboxylic acids is 1. The van der Waals surface area contributed by atoms with Crippen LogP contribution in [0.5, 0.6) is 0 Å². The van der Waals surface area contributed by atoms with Gasteiger partial charge in [-0.3, -0.25) is 4.79 Å². The standard InChI is InChI=1S/C9H18N2O4/c1-3-4-6(10)8(12)11-5-7(15-2)9(13)14/h6-7H,3-5,10H2,1-2H3,(H,11,12)(H,13,14)/t6-,7?/m1/s1. The van der Waals surface area contributed by atoms with Crippen molar-refractivity contribution in [2.45, 2.75) is 31.9 Å². The highest BCUT2D eigenvalue weighted by Gasteiger charge is 2.19. The Morgan fingerprint density at radius 3 is 2.53 bits per heavy atom. The Balaban J connectivity index is 3.92. The summed E-state index contributed by atoms with van der Waals surface area (Å²) in [5.74, 6) is -1.46. The van der Waals surface area contributed by atoms with Gasteiger partial charge < -0.3 is 20.9 Å². The summed E-state index contributed by atoms with van der Waals surface area (Å²) in [7, 11) is 1.27. The molecule has 4 N–H and O–H groups in total. The maximum absolute atomic E-state index is 11.3. The molecule has 0 saturated heterocycles. The molecule has 0 fully saturated rings. The van der Waals surface area contributed by atoms with E-state index in [1.807, 2.05) is 6.92 Å². The lowest BCUT2D eigenvalue weighted by Gasteiger charge is -2.14. The molecular weight excluding hydrogens is 200 g/mol. The summed E-state index contributed by atoms with van der Waals surface area (Å²) >= 11 is 0. The second-order valence-electron chi connectivity index (χ2n) is 3.20. The van der Waals surface area contributed by atoms with Crippen molar-refractivity contribution in [2.75, 3.05) is 13.7 Å². The van der Waals surface area contributed by atoms with Crippen molar-refractivity contribution in [3.8, 4) is 0 Å². The molecule has 2 atom stereocenters. The number of carboxylic acids is 1. The number of nitrogens with two attached hydrogens (primary N) is 1. The number of hydrogen-bond donors (Lipinski definition) is 3. The van der Waals surface area contributed by atoms with E-state index in [9.17, 15) is 9.59 Å². The van der Waals surface area contributed by atoms with Gasteiger partial charge in [-0.05, 0) is 6.42 Å². The molecule has 0 rings (SSSR count). The van der Waals surface area contributed by atoms with Crippen LogP contribution in [0.15, 0.2) is 0 Å². The first-order chi connectivity index (χ1) is 7.02. The molecule has 0 aromatic heterocycles. The number of carbonyl (C=O) groups is 2. The Hall–Kier alpha value is -1.14. The molecule has 0 aromatic rings. The largest absolute Gasteiger partial charge is 0.479 e. The average Bonchev–Trinajstić information content (AvgIpc) is 2.18. The van der Waals surface area contributed by atoms with E-state index < -0.39 is 18.1 Å². The second-order valence-corrected chi connectivity index (χ2v) is 3.20. The predicted octanol–water partition coefficient (Wildman–Crippen LogP) is -0.670. The van der Waals surface area contributed by atoms with Crippen molar-refractivity contribution < 1.29 is 19.4 Å². The summed E-state index contributed by atoms with van der Waals surface area (Å²) in [6.07, 6.45) is 0.361. The van der Waals surface area contributed by atoms with Crippen LogP contribution in [0, 0.1) is 0 Å². The maximum Gasteiger partial charge on any atom is 0.334 e. The van der Waals surface area contributed by atoms with Crippen molar-refractivity contribution in [1.29, 1.82) is 0 Å². The lowest BCUT2D eigenvalue weighted by Crippen LogP contribution is -2.45. The number of carboxylic acid groups (broad SMARTS) is 1. The van der Waals surface area contributed by atoms with Gasteiger partial charge in [0.15, 0.2) is 6.10 Å². The van der Waals surface area contributed by atoms with Gasteiger partial charge in [0.1, 0.15) is 0 Å². The van der Waals surface area contributed by atoms with Gasteiger partial charge in [-0.25, -0.2) is 4.79 Å². The minimum atomic E-state index is -1.11. The van der Waals surface area contributed by atoms with Crippen LogP contribution in [0.4, 0.5) is 0 Å². The SMILES string of the molecule is CCC[C@@H](N)C(=O)NCC(OC)C(=O)O. The van der Waals surface area contributed by atoms with Gasteiger partial charge in [-0.15, -0.1) is 0 Å². The molecule has 1 amide bonds.